The van der Waals surface area contributed by atoms with Crippen LogP contribution in [0.15, 0.2) is 35.2 Å². The SMILES string of the molecule is O=C(COC(=O)c1cc2c(s1)CCCCC2)Nc1ccc(S(=O)(=O)N2CCOCC2)cc1. The van der Waals surface area contributed by atoms with Gasteiger partial charge in [0.25, 0.3) is 5.91 Å². The maximum Gasteiger partial charge on any atom is 0.348 e. The quantitative estimate of drug-likeness (QED) is 0.506. The number of morpholine rings is 1. The maximum atomic E-state index is 12.7. The van der Waals surface area contributed by atoms with E-state index in [0.717, 1.165) is 25.7 Å². The van der Waals surface area contributed by atoms with Crippen molar-refractivity contribution in [3.8, 4) is 0 Å². The first-order chi connectivity index (χ1) is 15.4. The molecule has 0 radical (unpaired) electrons. The molecule has 1 aromatic heterocycles. The van der Waals surface area contributed by atoms with E-state index in [1.807, 2.05) is 6.07 Å². The van der Waals surface area contributed by atoms with Crippen molar-refractivity contribution in [1.29, 1.82) is 0 Å². The first kappa shape index (κ1) is 22.9. The molecule has 2 aromatic rings. The van der Waals surface area contributed by atoms with E-state index in [-0.39, 0.29) is 4.90 Å². The van der Waals surface area contributed by atoms with Crippen molar-refractivity contribution in [3.05, 3.63) is 45.6 Å². The highest BCUT2D eigenvalue weighted by Gasteiger charge is 2.26. The van der Waals surface area contributed by atoms with E-state index in [2.05, 4.69) is 5.32 Å². The number of fused-ring (bicyclic) bond motifs is 1. The largest absolute Gasteiger partial charge is 0.451 e. The van der Waals surface area contributed by atoms with Gasteiger partial charge >= 0.3 is 5.97 Å². The van der Waals surface area contributed by atoms with Crippen molar-refractivity contribution in [1.82, 2.24) is 4.31 Å². The molecule has 1 aromatic carbocycles. The van der Waals surface area contributed by atoms with Crippen LogP contribution in [0, 0.1) is 0 Å². The van der Waals surface area contributed by atoms with Gasteiger partial charge in [-0.25, -0.2) is 13.2 Å². The second kappa shape index (κ2) is 10.1. The van der Waals surface area contributed by atoms with Crippen molar-refractivity contribution in [2.45, 2.75) is 37.0 Å². The second-order valence-electron chi connectivity index (χ2n) is 7.78. The second-order valence-corrected chi connectivity index (χ2v) is 10.9. The minimum atomic E-state index is -3.59. The maximum absolute atomic E-state index is 12.7. The van der Waals surface area contributed by atoms with Crippen LogP contribution in [0.2, 0.25) is 0 Å². The van der Waals surface area contributed by atoms with E-state index in [0.29, 0.717) is 36.9 Å². The topological polar surface area (TPSA) is 102 Å². The number of hydrogen-bond acceptors (Lipinski definition) is 7. The zero-order valence-electron chi connectivity index (χ0n) is 17.7. The van der Waals surface area contributed by atoms with Crippen molar-refractivity contribution in [2.24, 2.45) is 0 Å². The summed E-state index contributed by atoms with van der Waals surface area (Å²) < 4.78 is 37.1. The Hall–Kier alpha value is -2.27. The fraction of sp³-hybridized carbons (Fsp3) is 0.455. The first-order valence-corrected chi connectivity index (χ1v) is 13.0. The third kappa shape index (κ3) is 5.37. The summed E-state index contributed by atoms with van der Waals surface area (Å²) >= 11 is 1.45. The third-order valence-corrected chi connectivity index (χ3v) is 8.66. The van der Waals surface area contributed by atoms with Crippen LogP contribution in [0.5, 0.6) is 0 Å². The molecule has 10 heteroatoms. The van der Waals surface area contributed by atoms with Gasteiger partial charge in [-0.1, -0.05) is 6.42 Å². The molecule has 1 saturated heterocycles. The van der Waals surface area contributed by atoms with Gasteiger partial charge in [-0.2, -0.15) is 4.31 Å². The summed E-state index contributed by atoms with van der Waals surface area (Å²) in [6.07, 6.45) is 5.45. The Balaban J connectivity index is 1.30. The van der Waals surface area contributed by atoms with Crippen LogP contribution in [-0.2, 0) is 37.1 Å². The number of nitrogens with zero attached hydrogens (tertiary/aromatic N) is 1. The molecule has 1 aliphatic carbocycles. The summed E-state index contributed by atoms with van der Waals surface area (Å²) in [7, 11) is -3.59. The van der Waals surface area contributed by atoms with Gasteiger partial charge in [0.15, 0.2) is 6.61 Å². The number of amides is 1. The summed E-state index contributed by atoms with van der Waals surface area (Å²) in [5.41, 5.74) is 1.64. The Morgan fingerprint density at radius 2 is 1.78 bits per heavy atom. The Morgan fingerprint density at radius 1 is 1.06 bits per heavy atom. The minimum Gasteiger partial charge on any atom is -0.451 e. The number of nitrogens with one attached hydrogen (secondary N) is 1. The predicted molar refractivity (Wildman–Crippen MR) is 121 cm³/mol. The molecule has 0 spiro atoms. The molecule has 2 aliphatic rings. The number of ether oxygens (including phenoxy) is 2. The lowest BCUT2D eigenvalue weighted by atomic mass is 10.1. The van der Waals surface area contributed by atoms with Crippen molar-refractivity contribution in [2.75, 3.05) is 38.2 Å². The summed E-state index contributed by atoms with van der Waals surface area (Å²) in [4.78, 5) is 26.5. The highest BCUT2D eigenvalue weighted by Crippen LogP contribution is 2.29. The highest BCUT2D eigenvalue weighted by molar-refractivity contribution is 7.89. The van der Waals surface area contributed by atoms with Gasteiger partial charge < -0.3 is 14.8 Å². The van der Waals surface area contributed by atoms with Crippen molar-refractivity contribution >= 4 is 38.9 Å². The van der Waals surface area contributed by atoms with E-state index < -0.39 is 28.5 Å². The number of aryl methyl sites for hydroxylation is 2. The first-order valence-electron chi connectivity index (χ1n) is 10.7. The van der Waals surface area contributed by atoms with Gasteiger partial charge in [-0.05, 0) is 61.6 Å². The predicted octanol–water partition coefficient (Wildman–Crippen LogP) is 2.83. The molecule has 4 rings (SSSR count). The summed E-state index contributed by atoms with van der Waals surface area (Å²) in [6, 6.07) is 7.82. The van der Waals surface area contributed by atoms with E-state index >= 15 is 0 Å². The minimum absolute atomic E-state index is 0.154. The van der Waals surface area contributed by atoms with E-state index in [9.17, 15) is 18.0 Å². The molecule has 1 N–H and O–H groups in total. The molecule has 32 heavy (non-hydrogen) atoms. The molecule has 0 atom stereocenters. The number of sulfonamides is 1. The molecule has 1 amide bonds. The Kier molecular flexibility index (Phi) is 7.24. The van der Waals surface area contributed by atoms with Crippen LogP contribution in [0.4, 0.5) is 5.69 Å². The fourth-order valence-electron chi connectivity index (χ4n) is 3.81. The van der Waals surface area contributed by atoms with Crippen LogP contribution in [0.1, 0.15) is 39.4 Å². The van der Waals surface area contributed by atoms with Gasteiger partial charge in [0, 0.05) is 23.7 Å². The Bertz CT molecular complexity index is 1050. The number of anilines is 1. The Morgan fingerprint density at radius 3 is 2.53 bits per heavy atom. The molecule has 0 saturated carbocycles. The average molecular weight is 479 g/mol. The van der Waals surface area contributed by atoms with Gasteiger partial charge in [-0.15, -0.1) is 11.3 Å². The van der Waals surface area contributed by atoms with Crippen LogP contribution < -0.4 is 5.32 Å². The van der Waals surface area contributed by atoms with Crippen molar-refractivity contribution < 1.29 is 27.5 Å². The molecule has 0 bridgehead atoms. The zero-order valence-corrected chi connectivity index (χ0v) is 19.3. The zero-order chi connectivity index (χ0) is 22.6. The lowest BCUT2D eigenvalue weighted by molar-refractivity contribution is -0.119. The summed E-state index contributed by atoms with van der Waals surface area (Å²) in [5, 5.41) is 2.62. The molecule has 8 nitrogen and oxygen atoms in total. The molecular weight excluding hydrogens is 452 g/mol. The Labute approximate surface area is 191 Å². The van der Waals surface area contributed by atoms with Crippen LogP contribution in [0.25, 0.3) is 0 Å². The van der Waals surface area contributed by atoms with E-state index in [1.165, 1.54) is 56.8 Å². The number of carbonyl (C=O) groups excluding carboxylic acids is 2. The van der Waals surface area contributed by atoms with Gasteiger partial charge in [0.2, 0.25) is 10.0 Å². The number of thiophene rings is 1. The fourth-order valence-corrected chi connectivity index (χ4v) is 6.37. The molecule has 0 unspecified atom stereocenters. The molecule has 1 fully saturated rings. The average Bonchev–Trinajstić information content (AvgIpc) is 3.09. The number of hydrogen-bond donors (Lipinski definition) is 1. The standard InChI is InChI=1S/C22H26N2O6S2/c25-21(15-30-22(26)20-14-16-4-2-1-3-5-19(16)31-20)23-17-6-8-18(9-7-17)32(27,28)24-10-12-29-13-11-24/h6-9,14H,1-5,10-13,15H2,(H,23,25). The number of carbonyl (C=O) groups is 2. The van der Waals surface area contributed by atoms with E-state index in [1.54, 1.807) is 0 Å². The smallest absolute Gasteiger partial charge is 0.348 e. The van der Waals surface area contributed by atoms with Crippen molar-refractivity contribution in [3.63, 3.8) is 0 Å². The van der Waals surface area contributed by atoms with Crippen LogP contribution in [0.3, 0.4) is 0 Å². The van der Waals surface area contributed by atoms with Crippen LogP contribution >= 0.6 is 11.3 Å². The number of esters is 1. The van der Waals surface area contributed by atoms with Crippen LogP contribution in [-0.4, -0.2) is 57.5 Å². The number of benzene rings is 1. The monoisotopic (exact) mass is 478 g/mol. The highest BCUT2D eigenvalue weighted by atomic mass is 32.2. The third-order valence-electron chi connectivity index (χ3n) is 5.53. The lowest BCUT2D eigenvalue weighted by Crippen LogP contribution is -2.40. The molecule has 1 aliphatic heterocycles. The normalized spacial score (nSPS) is 17.2. The van der Waals surface area contributed by atoms with Gasteiger partial charge in [0.05, 0.1) is 18.1 Å². The van der Waals surface area contributed by atoms with Gasteiger partial charge in [-0.3, -0.25) is 4.79 Å². The van der Waals surface area contributed by atoms with Gasteiger partial charge in [0.1, 0.15) is 4.88 Å². The molecule has 172 valence electrons. The lowest BCUT2D eigenvalue weighted by Gasteiger charge is -2.26. The van der Waals surface area contributed by atoms with E-state index in [4.69, 9.17) is 9.47 Å². The summed E-state index contributed by atoms with van der Waals surface area (Å²) in [6.45, 7) is 0.981. The molecule has 2 heterocycles. The number of rotatable bonds is 6. The molecular formula is C22H26N2O6S2. The summed E-state index contributed by atoms with van der Waals surface area (Å²) in [5.74, 6) is -0.981.